The Bertz CT molecular complexity index is 2510. The van der Waals surface area contributed by atoms with Crippen molar-refractivity contribution in [3.63, 3.8) is 0 Å². The maximum atomic E-state index is 4.98. The fourth-order valence-corrected chi connectivity index (χ4v) is 7.24. The zero-order valence-corrected chi connectivity index (χ0v) is 26.3. The highest BCUT2D eigenvalue weighted by Crippen LogP contribution is 2.47. The number of pyridine rings is 1. The second-order valence-electron chi connectivity index (χ2n) is 12.3. The van der Waals surface area contributed by atoms with Gasteiger partial charge in [-0.05, 0) is 102 Å². The molecule has 0 radical (unpaired) electrons. The van der Waals surface area contributed by atoms with Crippen molar-refractivity contribution in [3.05, 3.63) is 188 Å². The predicted molar refractivity (Wildman–Crippen MR) is 204 cm³/mol. The summed E-state index contributed by atoms with van der Waals surface area (Å²) in [6.07, 6.45) is 1.91. The molecular weight excluding hydrogens is 579 g/mol. The van der Waals surface area contributed by atoms with Crippen molar-refractivity contribution in [2.24, 2.45) is 0 Å². The molecule has 0 unspecified atom stereocenters. The minimum atomic E-state index is 1.03. The van der Waals surface area contributed by atoms with Crippen LogP contribution in [0.3, 0.4) is 0 Å². The Morgan fingerprint density at radius 1 is 0.292 bits per heavy atom. The number of benzene rings is 8. The van der Waals surface area contributed by atoms with E-state index in [0.29, 0.717) is 0 Å². The first-order valence-corrected chi connectivity index (χ1v) is 16.5. The van der Waals surface area contributed by atoms with Crippen molar-refractivity contribution in [2.45, 2.75) is 0 Å². The van der Waals surface area contributed by atoms with Gasteiger partial charge >= 0.3 is 0 Å². The number of hydrogen-bond donors (Lipinski definition) is 0. The highest BCUT2D eigenvalue weighted by atomic mass is 14.6. The van der Waals surface area contributed by atoms with Crippen molar-refractivity contribution < 1.29 is 0 Å². The van der Waals surface area contributed by atoms with E-state index >= 15 is 0 Å². The molecule has 0 bridgehead atoms. The first-order chi connectivity index (χ1) is 23.8. The second-order valence-corrected chi connectivity index (χ2v) is 12.3. The summed E-state index contributed by atoms with van der Waals surface area (Å²) in [5, 5.41) is 5.99. The van der Waals surface area contributed by atoms with Crippen LogP contribution in [0.25, 0.3) is 88.1 Å². The van der Waals surface area contributed by atoms with E-state index < -0.39 is 0 Å². The van der Waals surface area contributed by atoms with Gasteiger partial charge in [-0.1, -0.05) is 152 Å². The first-order valence-electron chi connectivity index (χ1n) is 16.5. The number of hydrogen-bond acceptors (Lipinski definition) is 1. The lowest BCUT2D eigenvalue weighted by atomic mass is 9.83. The minimum absolute atomic E-state index is 1.03. The molecule has 0 aliphatic carbocycles. The van der Waals surface area contributed by atoms with Gasteiger partial charge in [-0.25, -0.2) is 0 Å². The lowest BCUT2D eigenvalue weighted by Gasteiger charge is -2.20. The van der Waals surface area contributed by atoms with Gasteiger partial charge in [-0.15, -0.1) is 0 Å². The summed E-state index contributed by atoms with van der Waals surface area (Å²) in [5.74, 6) is 0. The average Bonchev–Trinajstić information content (AvgIpc) is 3.18. The summed E-state index contributed by atoms with van der Waals surface area (Å²) in [7, 11) is 0. The lowest BCUT2D eigenvalue weighted by Crippen LogP contribution is -1.94. The Labute approximate surface area is 280 Å². The third-order valence-electron chi connectivity index (χ3n) is 9.46. The molecule has 48 heavy (non-hydrogen) atoms. The van der Waals surface area contributed by atoms with Gasteiger partial charge in [0.2, 0.25) is 0 Å². The average molecular weight is 610 g/mol. The van der Waals surface area contributed by atoms with Gasteiger partial charge in [-0.3, -0.25) is 4.98 Å². The van der Waals surface area contributed by atoms with Crippen LogP contribution in [-0.4, -0.2) is 4.98 Å². The SMILES string of the molecule is c1ccc(-c2cc(-c3ccccc3)cc(-c3ccc4c(-c5ccccc5)c5c(ccc6cccnc65)c(-c5ccccc5)c4c3)c2)cc1. The van der Waals surface area contributed by atoms with Crippen LogP contribution in [0, 0.1) is 0 Å². The highest BCUT2D eigenvalue weighted by Gasteiger charge is 2.20. The van der Waals surface area contributed by atoms with E-state index in [0.717, 1.165) is 10.9 Å². The lowest BCUT2D eigenvalue weighted by molar-refractivity contribution is 1.43. The van der Waals surface area contributed by atoms with Crippen molar-refractivity contribution in [2.75, 3.05) is 0 Å². The van der Waals surface area contributed by atoms with Crippen molar-refractivity contribution in [1.29, 1.82) is 0 Å². The Hall–Kier alpha value is -6.31. The summed E-state index contributed by atoms with van der Waals surface area (Å²) >= 11 is 0. The third-order valence-corrected chi connectivity index (χ3v) is 9.46. The highest BCUT2D eigenvalue weighted by molar-refractivity contribution is 6.27. The topological polar surface area (TPSA) is 12.9 Å². The normalized spacial score (nSPS) is 11.3. The van der Waals surface area contributed by atoms with Crippen molar-refractivity contribution in [3.8, 4) is 55.6 Å². The standard InChI is InChI=1S/C47H31N/c1-5-14-32(15-6-1)38-28-39(33-16-7-2-8-17-33)30-40(29-38)37-24-25-41-43(31-37)44(34-18-9-3-10-19-34)42-26-23-36-22-13-27-48-47(36)46(42)45(41)35-20-11-4-12-21-35/h1-31H. The van der Waals surface area contributed by atoms with Crippen LogP contribution in [0.1, 0.15) is 0 Å². The molecule has 224 valence electrons. The smallest absolute Gasteiger partial charge is 0.0786 e. The molecule has 1 aromatic heterocycles. The Morgan fingerprint density at radius 2 is 0.792 bits per heavy atom. The van der Waals surface area contributed by atoms with Crippen LogP contribution < -0.4 is 0 Å². The van der Waals surface area contributed by atoms with E-state index in [2.05, 4.69) is 176 Å². The number of aromatic nitrogens is 1. The van der Waals surface area contributed by atoms with E-state index in [4.69, 9.17) is 4.98 Å². The molecule has 1 nitrogen and oxygen atoms in total. The molecule has 0 saturated carbocycles. The van der Waals surface area contributed by atoms with Crippen LogP contribution >= 0.6 is 0 Å². The Kier molecular flexibility index (Phi) is 6.87. The van der Waals surface area contributed by atoms with Gasteiger partial charge in [-0.2, -0.15) is 0 Å². The Balaban J connectivity index is 1.40. The van der Waals surface area contributed by atoms with E-state index in [1.165, 1.54) is 77.2 Å². The van der Waals surface area contributed by atoms with Crippen LogP contribution in [0.15, 0.2) is 188 Å². The molecule has 0 fully saturated rings. The largest absolute Gasteiger partial charge is 0.256 e. The number of nitrogens with zero attached hydrogens (tertiary/aromatic N) is 1. The fraction of sp³-hybridized carbons (Fsp3) is 0. The van der Waals surface area contributed by atoms with Crippen molar-refractivity contribution >= 4 is 32.4 Å². The molecule has 0 saturated heterocycles. The van der Waals surface area contributed by atoms with E-state index in [9.17, 15) is 0 Å². The fourth-order valence-electron chi connectivity index (χ4n) is 7.24. The molecular formula is C47H31N. The molecule has 0 N–H and O–H groups in total. The van der Waals surface area contributed by atoms with Crippen molar-refractivity contribution in [1.82, 2.24) is 4.98 Å². The third kappa shape index (κ3) is 4.85. The summed E-state index contributed by atoms with van der Waals surface area (Å²) in [6.45, 7) is 0. The first kappa shape index (κ1) is 28.0. The maximum absolute atomic E-state index is 4.98. The quantitative estimate of drug-likeness (QED) is 0.140. The summed E-state index contributed by atoms with van der Waals surface area (Å²) in [4.78, 5) is 4.98. The molecule has 0 spiro atoms. The number of fused-ring (bicyclic) bond motifs is 4. The van der Waals surface area contributed by atoms with Gasteiger partial charge in [0.1, 0.15) is 0 Å². The van der Waals surface area contributed by atoms with Gasteiger partial charge in [0.25, 0.3) is 0 Å². The molecule has 1 heterocycles. The molecule has 0 amide bonds. The Morgan fingerprint density at radius 3 is 1.38 bits per heavy atom. The predicted octanol–water partition coefficient (Wildman–Crippen LogP) is 12.9. The maximum Gasteiger partial charge on any atom is 0.0786 e. The monoisotopic (exact) mass is 609 g/mol. The number of rotatable bonds is 5. The van der Waals surface area contributed by atoms with E-state index in [1.807, 2.05) is 12.3 Å². The molecule has 9 rings (SSSR count). The van der Waals surface area contributed by atoms with Crippen LogP contribution in [0.5, 0.6) is 0 Å². The van der Waals surface area contributed by atoms with Crippen LogP contribution in [0.4, 0.5) is 0 Å². The molecule has 8 aromatic carbocycles. The van der Waals surface area contributed by atoms with E-state index in [1.54, 1.807) is 0 Å². The minimum Gasteiger partial charge on any atom is -0.256 e. The van der Waals surface area contributed by atoms with E-state index in [-0.39, 0.29) is 0 Å². The summed E-state index contributed by atoms with van der Waals surface area (Å²) in [6, 6.07) is 65.7. The second kappa shape index (κ2) is 11.8. The van der Waals surface area contributed by atoms with Crippen LogP contribution in [0.2, 0.25) is 0 Å². The van der Waals surface area contributed by atoms with Gasteiger partial charge < -0.3 is 0 Å². The molecule has 0 aliphatic heterocycles. The molecule has 0 aliphatic rings. The van der Waals surface area contributed by atoms with Gasteiger partial charge in [0, 0.05) is 17.0 Å². The van der Waals surface area contributed by atoms with Crippen LogP contribution in [-0.2, 0) is 0 Å². The zero-order chi connectivity index (χ0) is 31.9. The summed E-state index contributed by atoms with van der Waals surface area (Å²) in [5.41, 5.74) is 13.1. The zero-order valence-electron chi connectivity index (χ0n) is 26.3. The molecule has 9 aromatic rings. The molecule has 0 atom stereocenters. The van der Waals surface area contributed by atoms with Gasteiger partial charge in [0.05, 0.1) is 5.52 Å². The van der Waals surface area contributed by atoms with Gasteiger partial charge in [0.15, 0.2) is 0 Å². The molecule has 1 heteroatoms. The summed E-state index contributed by atoms with van der Waals surface area (Å²) < 4.78 is 0.